The van der Waals surface area contributed by atoms with Gasteiger partial charge >= 0.3 is 0 Å². The molecule has 0 bridgehead atoms. The number of quaternary nitrogens is 1. The fourth-order valence-electron chi connectivity index (χ4n) is 3.14. The van der Waals surface area contributed by atoms with Gasteiger partial charge in [0, 0.05) is 0 Å². The molecule has 5 nitrogen and oxygen atoms in total. The molecule has 0 saturated carbocycles. The molecule has 172 valence electrons. The molecule has 0 aromatic carbocycles. The Bertz CT molecular complexity index is 435. The van der Waals surface area contributed by atoms with E-state index < -0.39 is 21.4 Å². The van der Waals surface area contributed by atoms with Gasteiger partial charge in [-0.25, -0.2) is 0 Å². The van der Waals surface area contributed by atoms with Gasteiger partial charge in [0.15, 0.2) is 0 Å². The van der Waals surface area contributed by atoms with Crippen LogP contribution in [0.3, 0.4) is 0 Å². The molecule has 0 heterocycles. The summed E-state index contributed by atoms with van der Waals surface area (Å²) >= 11 is 10.6. The Labute approximate surface area is 185 Å². The highest BCUT2D eigenvalue weighted by Crippen LogP contribution is 2.21. The first-order valence-corrected chi connectivity index (χ1v) is 13.1. The summed E-state index contributed by atoms with van der Waals surface area (Å²) < 4.78 is 31.3. The van der Waals surface area contributed by atoms with Gasteiger partial charge in [0.1, 0.15) is 0 Å². The Kier molecular flexibility index (Phi) is 17.6. The van der Waals surface area contributed by atoms with Crippen LogP contribution in [0.4, 0.5) is 0 Å². The van der Waals surface area contributed by atoms with Crippen LogP contribution >= 0.6 is 23.6 Å². The van der Waals surface area contributed by atoms with Crippen molar-refractivity contribution >= 4 is 33.7 Å². The van der Waals surface area contributed by atoms with E-state index in [9.17, 15) is 8.42 Å². The van der Waals surface area contributed by atoms with Crippen LogP contribution in [0.25, 0.3) is 0 Å². The fraction of sp³-hybridized carbons (Fsp3) is 1.00. The van der Waals surface area contributed by atoms with Crippen LogP contribution in [0.2, 0.25) is 0 Å². The van der Waals surface area contributed by atoms with E-state index in [1.165, 1.54) is 95.9 Å². The zero-order valence-electron chi connectivity index (χ0n) is 19.0. The van der Waals surface area contributed by atoms with Gasteiger partial charge in [-0.1, -0.05) is 53.4 Å². The molecule has 0 aliphatic carbocycles. The Morgan fingerprint density at radius 1 is 0.786 bits per heavy atom. The standard InChI is InChI=1S/C16H36N.C4H9Cl2NO3S/c1-5-9-13-17(14-10-6-2,15-11-7-3)16-12-8-4;1-4(2,7(5)6)3-11(8,9)10/h5-16H2,1-4H3;3H2,1-2H3,(H,8,9,10)/q+1;. The molecular formula is C20H45Cl2N2O3S+. The monoisotopic (exact) mass is 463 g/mol. The summed E-state index contributed by atoms with van der Waals surface area (Å²) in [6.07, 6.45) is 11.1. The van der Waals surface area contributed by atoms with Gasteiger partial charge in [0.25, 0.3) is 10.1 Å². The number of hydrogen-bond donors (Lipinski definition) is 1. The van der Waals surface area contributed by atoms with Gasteiger partial charge in [0.05, 0.1) is 37.5 Å². The van der Waals surface area contributed by atoms with E-state index >= 15 is 0 Å². The Morgan fingerprint density at radius 3 is 1.21 bits per heavy atom. The molecule has 0 spiro atoms. The molecule has 8 heteroatoms. The molecule has 0 aromatic heterocycles. The summed E-state index contributed by atoms with van der Waals surface area (Å²) in [5, 5.41) is 0. The Morgan fingerprint density at radius 2 is 1.07 bits per heavy atom. The average Bonchev–Trinajstić information content (AvgIpc) is 2.59. The van der Waals surface area contributed by atoms with E-state index in [4.69, 9.17) is 28.1 Å². The number of hydrogen-bond acceptors (Lipinski definition) is 3. The second-order valence-electron chi connectivity index (χ2n) is 8.42. The zero-order chi connectivity index (χ0) is 22.3. The smallest absolute Gasteiger partial charge is 0.266 e. The van der Waals surface area contributed by atoms with Crippen molar-refractivity contribution in [2.24, 2.45) is 0 Å². The van der Waals surface area contributed by atoms with Crippen molar-refractivity contribution in [3.05, 3.63) is 0 Å². The topological polar surface area (TPSA) is 57.6 Å². The largest absolute Gasteiger partial charge is 0.324 e. The van der Waals surface area contributed by atoms with Crippen molar-refractivity contribution in [2.75, 3.05) is 31.9 Å². The van der Waals surface area contributed by atoms with Crippen molar-refractivity contribution < 1.29 is 17.5 Å². The Hall–Kier alpha value is 0.410. The lowest BCUT2D eigenvalue weighted by Crippen LogP contribution is -2.50. The molecule has 0 amide bonds. The molecular weight excluding hydrogens is 419 g/mol. The summed E-state index contributed by atoms with van der Waals surface area (Å²) in [6, 6.07) is 0. The van der Waals surface area contributed by atoms with Gasteiger partial charge in [-0.3, -0.25) is 4.55 Å². The van der Waals surface area contributed by atoms with Gasteiger partial charge < -0.3 is 4.48 Å². The molecule has 1 N–H and O–H groups in total. The van der Waals surface area contributed by atoms with Crippen LogP contribution in [0.15, 0.2) is 0 Å². The lowest BCUT2D eigenvalue weighted by Gasteiger charge is -2.39. The van der Waals surface area contributed by atoms with Gasteiger partial charge in [0.2, 0.25) is 0 Å². The van der Waals surface area contributed by atoms with Crippen LogP contribution in [-0.4, -0.2) is 58.9 Å². The molecule has 0 aliphatic heterocycles. The number of nitrogens with zero attached hydrogens (tertiary/aromatic N) is 2. The minimum absolute atomic E-state index is 0.507. The molecule has 0 saturated heterocycles. The summed E-state index contributed by atoms with van der Waals surface area (Å²) in [5.74, 6) is -0.507. The van der Waals surface area contributed by atoms with E-state index in [1.54, 1.807) is 0 Å². The predicted octanol–water partition coefficient (Wildman–Crippen LogP) is 6.27. The second-order valence-corrected chi connectivity index (χ2v) is 10.7. The number of rotatable bonds is 15. The predicted molar refractivity (Wildman–Crippen MR) is 123 cm³/mol. The third-order valence-electron chi connectivity index (χ3n) is 4.94. The van der Waals surface area contributed by atoms with Gasteiger partial charge in [-0.05, 0) is 63.1 Å². The van der Waals surface area contributed by atoms with E-state index in [1.807, 2.05) is 0 Å². The van der Waals surface area contributed by atoms with Crippen molar-refractivity contribution in [3.63, 3.8) is 0 Å². The van der Waals surface area contributed by atoms with Crippen molar-refractivity contribution in [3.8, 4) is 0 Å². The molecule has 0 radical (unpaired) electrons. The van der Waals surface area contributed by atoms with E-state index in [-0.39, 0.29) is 0 Å². The first kappa shape index (κ1) is 30.6. The quantitative estimate of drug-likeness (QED) is 0.176. The normalized spacial score (nSPS) is 12.8. The lowest BCUT2D eigenvalue weighted by atomic mass is 10.1. The molecule has 0 rings (SSSR count). The Balaban J connectivity index is 0. The molecule has 0 fully saturated rings. The maximum absolute atomic E-state index is 10.4. The minimum atomic E-state index is -4.04. The highest BCUT2D eigenvalue weighted by molar-refractivity contribution is 7.85. The van der Waals surface area contributed by atoms with Crippen molar-refractivity contribution in [1.82, 2.24) is 3.94 Å². The van der Waals surface area contributed by atoms with Crippen molar-refractivity contribution in [1.29, 1.82) is 0 Å². The fourth-order valence-corrected chi connectivity index (χ4v) is 4.42. The van der Waals surface area contributed by atoms with E-state index in [0.29, 0.717) is 3.94 Å². The summed E-state index contributed by atoms with van der Waals surface area (Å²) in [4.78, 5) is 0. The maximum Gasteiger partial charge on any atom is 0.266 e. The third kappa shape index (κ3) is 16.2. The first-order valence-electron chi connectivity index (χ1n) is 10.8. The first-order chi connectivity index (χ1) is 12.9. The second kappa shape index (κ2) is 16.1. The van der Waals surface area contributed by atoms with Crippen LogP contribution < -0.4 is 0 Å². The van der Waals surface area contributed by atoms with Crippen LogP contribution in [0.1, 0.15) is 92.9 Å². The highest BCUT2D eigenvalue weighted by atomic mass is 35.5. The van der Waals surface area contributed by atoms with Gasteiger partial charge in [-0.2, -0.15) is 8.42 Å². The van der Waals surface area contributed by atoms with E-state index in [0.717, 1.165) is 0 Å². The molecule has 0 unspecified atom stereocenters. The average molecular weight is 465 g/mol. The molecule has 0 aromatic rings. The third-order valence-corrected chi connectivity index (χ3v) is 6.92. The van der Waals surface area contributed by atoms with Crippen LogP contribution in [-0.2, 0) is 10.1 Å². The molecule has 28 heavy (non-hydrogen) atoms. The summed E-state index contributed by atoms with van der Waals surface area (Å²) in [5.41, 5.74) is -0.989. The SMILES string of the molecule is CC(C)(CS(=O)(=O)O)N(Cl)Cl.CCCC[N+](CCCC)(CCCC)CCCC. The molecule has 0 aliphatic rings. The van der Waals surface area contributed by atoms with Crippen LogP contribution in [0.5, 0.6) is 0 Å². The van der Waals surface area contributed by atoms with Gasteiger partial charge in [-0.15, -0.1) is 3.94 Å². The summed E-state index contributed by atoms with van der Waals surface area (Å²) in [6.45, 7) is 18.0. The van der Waals surface area contributed by atoms with E-state index in [2.05, 4.69) is 27.7 Å². The zero-order valence-corrected chi connectivity index (χ0v) is 21.3. The highest BCUT2D eigenvalue weighted by Gasteiger charge is 2.30. The van der Waals surface area contributed by atoms with Crippen molar-refractivity contribution in [2.45, 2.75) is 98.4 Å². The van der Waals surface area contributed by atoms with Crippen LogP contribution in [0, 0.1) is 0 Å². The summed E-state index contributed by atoms with van der Waals surface area (Å²) in [7, 11) is -4.04. The molecule has 0 atom stereocenters. The minimum Gasteiger partial charge on any atom is -0.324 e. The number of unbranched alkanes of at least 4 members (excludes halogenated alkanes) is 4. The maximum atomic E-state index is 10.4. The number of halogens is 2. The lowest BCUT2D eigenvalue weighted by molar-refractivity contribution is -0.929.